The Labute approximate surface area is 141 Å². The normalized spacial score (nSPS) is 24.7. The van der Waals surface area contributed by atoms with Gasteiger partial charge in [0, 0.05) is 19.1 Å². The Balaban J connectivity index is 1.63. The van der Waals surface area contributed by atoms with Gasteiger partial charge in [-0.25, -0.2) is 0 Å². The van der Waals surface area contributed by atoms with Crippen molar-refractivity contribution in [2.24, 2.45) is 0 Å². The van der Waals surface area contributed by atoms with Crippen LogP contribution in [0.1, 0.15) is 12.0 Å². The quantitative estimate of drug-likeness (QED) is 0.780. The van der Waals surface area contributed by atoms with Gasteiger partial charge in [-0.1, -0.05) is 30.3 Å². The third kappa shape index (κ3) is 4.13. The summed E-state index contributed by atoms with van der Waals surface area (Å²) in [6.45, 7) is 0.939. The molecule has 1 heterocycles. The molecule has 1 unspecified atom stereocenters. The lowest BCUT2D eigenvalue weighted by molar-refractivity contribution is -0.0735. The first-order chi connectivity index (χ1) is 11.7. The molecular weight excluding hydrogens is 306 g/mol. The molecular formula is C19H23NO4. The van der Waals surface area contributed by atoms with E-state index in [9.17, 15) is 15.3 Å². The zero-order valence-corrected chi connectivity index (χ0v) is 13.5. The highest BCUT2D eigenvalue weighted by molar-refractivity contribution is 5.33. The van der Waals surface area contributed by atoms with Gasteiger partial charge in [-0.3, -0.25) is 4.90 Å². The third-order valence-electron chi connectivity index (χ3n) is 4.39. The summed E-state index contributed by atoms with van der Waals surface area (Å²) in [7, 11) is 0. The van der Waals surface area contributed by atoms with Gasteiger partial charge in [0.1, 0.15) is 11.5 Å². The van der Waals surface area contributed by atoms with Gasteiger partial charge in [-0.05, 0) is 36.2 Å². The van der Waals surface area contributed by atoms with E-state index in [-0.39, 0.29) is 12.6 Å². The fourth-order valence-corrected chi connectivity index (χ4v) is 3.00. The Morgan fingerprint density at radius 1 is 0.917 bits per heavy atom. The maximum absolute atomic E-state index is 9.85. The van der Waals surface area contributed by atoms with E-state index in [4.69, 9.17) is 4.74 Å². The number of benzene rings is 2. The molecule has 3 rings (SSSR count). The van der Waals surface area contributed by atoms with E-state index in [2.05, 4.69) is 0 Å². The van der Waals surface area contributed by atoms with Crippen LogP contribution >= 0.6 is 0 Å². The number of likely N-dealkylation sites (tertiary alicyclic amines) is 1. The van der Waals surface area contributed by atoms with E-state index < -0.39 is 12.2 Å². The van der Waals surface area contributed by atoms with Crippen molar-refractivity contribution in [3.8, 4) is 11.5 Å². The SMILES string of the molecule is OC[C@H]1CC(O)[C@@H](O)CN1Cc1ccc(Oc2ccccc2)cc1. The molecule has 2 aromatic rings. The van der Waals surface area contributed by atoms with Crippen LogP contribution in [0, 0.1) is 0 Å². The summed E-state index contributed by atoms with van der Waals surface area (Å²) < 4.78 is 5.77. The van der Waals surface area contributed by atoms with Crippen LogP contribution < -0.4 is 4.74 Å². The predicted molar refractivity (Wildman–Crippen MR) is 90.9 cm³/mol. The number of rotatable bonds is 5. The maximum atomic E-state index is 9.85. The van der Waals surface area contributed by atoms with Crippen molar-refractivity contribution in [2.75, 3.05) is 13.2 Å². The van der Waals surface area contributed by atoms with Crippen LogP contribution in [0.4, 0.5) is 0 Å². The summed E-state index contributed by atoms with van der Waals surface area (Å²) in [4.78, 5) is 2.00. The van der Waals surface area contributed by atoms with Crippen LogP contribution in [0.15, 0.2) is 54.6 Å². The number of hydrogen-bond acceptors (Lipinski definition) is 5. The lowest BCUT2D eigenvalue weighted by Gasteiger charge is -2.39. The van der Waals surface area contributed by atoms with E-state index in [1.807, 2.05) is 59.5 Å². The Bertz CT molecular complexity index is 632. The molecule has 3 N–H and O–H groups in total. The van der Waals surface area contributed by atoms with Gasteiger partial charge in [-0.2, -0.15) is 0 Å². The van der Waals surface area contributed by atoms with Crippen LogP contribution in [-0.4, -0.2) is 51.6 Å². The topological polar surface area (TPSA) is 73.2 Å². The third-order valence-corrected chi connectivity index (χ3v) is 4.39. The predicted octanol–water partition coefficient (Wildman–Crippen LogP) is 1.77. The first-order valence-corrected chi connectivity index (χ1v) is 8.18. The molecule has 1 aliphatic rings. The Hall–Kier alpha value is -1.92. The van der Waals surface area contributed by atoms with Gasteiger partial charge in [0.25, 0.3) is 0 Å². The van der Waals surface area contributed by atoms with Crippen LogP contribution in [0.25, 0.3) is 0 Å². The summed E-state index contributed by atoms with van der Waals surface area (Å²) in [5, 5.41) is 29.1. The number of para-hydroxylation sites is 1. The molecule has 1 aliphatic heterocycles. The molecule has 0 spiro atoms. The molecule has 128 valence electrons. The Morgan fingerprint density at radius 3 is 2.25 bits per heavy atom. The highest BCUT2D eigenvalue weighted by atomic mass is 16.5. The van der Waals surface area contributed by atoms with E-state index in [0.717, 1.165) is 17.1 Å². The first kappa shape index (κ1) is 16.9. The van der Waals surface area contributed by atoms with Crippen molar-refractivity contribution in [3.63, 3.8) is 0 Å². The lowest BCUT2D eigenvalue weighted by Crippen LogP contribution is -2.53. The average molecular weight is 329 g/mol. The molecule has 0 saturated carbocycles. The minimum Gasteiger partial charge on any atom is -0.457 e. The molecule has 1 saturated heterocycles. The summed E-state index contributed by atoms with van der Waals surface area (Å²) in [5.74, 6) is 1.55. The molecule has 2 aromatic carbocycles. The molecule has 3 atom stereocenters. The van der Waals surface area contributed by atoms with Gasteiger partial charge >= 0.3 is 0 Å². The van der Waals surface area contributed by atoms with E-state index >= 15 is 0 Å². The first-order valence-electron chi connectivity index (χ1n) is 8.18. The van der Waals surface area contributed by atoms with Crippen LogP contribution in [0.3, 0.4) is 0 Å². The fourth-order valence-electron chi connectivity index (χ4n) is 3.00. The zero-order valence-electron chi connectivity index (χ0n) is 13.5. The zero-order chi connectivity index (χ0) is 16.9. The van der Waals surface area contributed by atoms with E-state index in [1.165, 1.54) is 0 Å². The number of ether oxygens (including phenoxy) is 1. The van der Waals surface area contributed by atoms with E-state index in [0.29, 0.717) is 19.5 Å². The van der Waals surface area contributed by atoms with Crippen LogP contribution in [0.5, 0.6) is 11.5 Å². The summed E-state index contributed by atoms with van der Waals surface area (Å²) >= 11 is 0. The molecule has 1 fully saturated rings. The van der Waals surface area contributed by atoms with E-state index in [1.54, 1.807) is 0 Å². The highest BCUT2D eigenvalue weighted by Crippen LogP contribution is 2.24. The second-order valence-electron chi connectivity index (χ2n) is 6.20. The average Bonchev–Trinajstić information content (AvgIpc) is 2.60. The Kier molecular flexibility index (Phi) is 5.48. The smallest absolute Gasteiger partial charge is 0.127 e. The second-order valence-corrected chi connectivity index (χ2v) is 6.20. The van der Waals surface area contributed by atoms with Crippen molar-refractivity contribution >= 4 is 0 Å². The highest BCUT2D eigenvalue weighted by Gasteiger charge is 2.32. The largest absolute Gasteiger partial charge is 0.457 e. The van der Waals surface area contributed by atoms with Crippen molar-refractivity contribution in [2.45, 2.75) is 31.2 Å². The monoisotopic (exact) mass is 329 g/mol. The fraction of sp³-hybridized carbons (Fsp3) is 0.368. The maximum Gasteiger partial charge on any atom is 0.127 e. The Morgan fingerprint density at radius 2 is 1.58 bits per heavy atom. The summed E-state index contributed by atoms with van der Waals surface area (Å²) in [5.41, 5.74) is 1.07. The second kappa shape index (κ2) is 7.77. The van der Waals surface area contributed by atoms with Gasteiger partial charge in [0.05, 0.1) is 18.8 Å². The van der Waals surface area contributed by atoms with Gasteiger partial charge in [-0.15, -0.1) is 0 Å². The van der Waals surface area contributed by atoms with Gasteiger partial charge in [0.2, 0.25) is 0 Å². The number of hydrogen-bond donors (Lipinski definition) is 3. The number of piperidine rings is 1. The number of aliphatic hydroxyl groups is 3. The minimum absolute atomic E-state index is 0.0288. The molecule has 0 amide bonds. The van der Waals surface area contributed by atoms with Crippen molar-refractivity contribution in [1.82, 2.24) is 4.90 Å². The number of nitrogens with zero attached hydrogens (tertiary/aromatic N) is 1. The molecule has 5 nitrogen and oxygen atoms in total. The lowest BCUT2D eigenvalue weighted by atomic mass is 9.97. The minimum atomic E-state index is -0.770. The molecule has 0 aliphatic carbocycles. The summed E-state index contributed by atoms with van der Waals surface area (Å²) in [6, 6.07) is 17.2. The van der Waals surface area contributed by atoms with Crippen LogP contribution in [-0.2, 0) is 6.54 Å². The standard InChI is InChI=1S/C19H23NO4/c21-13-15-10-18(22)19(23)12-20(15)11-14-6-8-17(9-7-14)24-16-4-2-1-3-5-16/h1-9,15,18-19,21-23H,10-13H2/t15-,18?,19+/m1/s1. The number of aliphatic hydroxyl groups excluding tert-OH is 3. The molecule has 24 heavy (non-hydrogen) atoms. The molecule has 0 radical (unpaired) electrons. The van der Waals surface area contributed by atoms with Crippen molar-refractivity contribution in [1.29, 1.82) is 0 Å². The molecule has 0 aromatic heterocycles. The van der Waals surface area contributed by atoms with Gasteiger partial charge < -0.3 is 20.1 Å². The molecule has 0 bridgehead atoms. The van der Waals surface area contributed by atoms with Crippen LogP contribution in [0.2, 0.25) is 0 Å². The number of β-amino-alcohol motifs (C(OH)–C–C–N with tert-alkyl or cyclic N) is 1. The van der Waals surface area contributed by atoms with Crippen molar-refractivity contribution in [3.05, 3.63) is 60.2 Å². The molecule has 5 heteroatoms. The summed E-state index contributed by atoms with van der Waals surface area (Å²) in [6.07, 6.45) is -1.15. The van der Waals surface area contributed by atoms with Gasteiger partial charge in [0.15, 0.2) is 0 Å². The van der Waals surface area contributed by atoms with Crippen molar-refractivity contribution < 1.29 is 20.1 Å².